The summed E-state index contributed by atoms with van der Waals surface area (Å²) in [6, 6.07) is 12.9. The van der Waals surface area contributed by atoms with Gasteiger partial charge >= 0.3 is 0 Å². The molecule has 0 spiro atoms. The highest BCUT2D eigenvalue weighted by molar-refractivity contribution is 6.46. The van der Waals surface area contributed by atoms with Crippen LogP contribution in [-0.4, -0.2) is 48.1 Å². The fraction of sp³-hybridized carbons (Fsp3) is 0.304. The van der Waals surface area contributed by atoms with Gasteiger partial charge in [-0.1, -0.05) is 23.7 Å². The first-order chi connectivity index (χ1) is 14.3. The highest BCUT2D eigenvalue weighted by atomic mass is 35.5. The van der Waals surface area contributed by atoms with Gasteiger partial charge in [-0.05, 0) is 55.8 Å². The third kappa shape index (κ3) is 4.50. The molecule has 0 bridgehead atoms. The van der Waals surface area contributed by atoms with Crippen molar-refractivity contribution in [2.45, 2.75) is 26.0 Å². The molecule has 1 saturated heterocycles. The lowest BCUT2D eigenvalue weighted by Gasteiger charge is -2.25. The highest BCUT2D eigenvalue weighted by Gasteiger charge is 2.45. The summed E-state index contributed by atoms with van der Waals surface area (Å²) >= 11 is 6.00. The summed E-state index contributed by atoms with van der Waals surface area (Å²) in [6.45, 7) is 4.31. The van der Waals surface area contributed by atoms with Crippen LogP contribution in [-0.2, 0) is 14.3 Å². The fourth-order valence-corrected chi connectivity index (χ4v) is 3.54. The zero-order chi connectivity index (χ0) is 21.8. The second kappa shape index (κ2) is 9.32. The standard InChI is InChI=1S/C23H24ClNO5/c1-14(2)30-18-10-6-16(7-11-18)21(26)19-20(15-4-8-17(24)9-5-15)25(12-13-29-3)23(28)22(19)27/h4-11,14,20,26H,12-13H2,1-3H3/b21-19+. The fourth-order valence-electron chi connectivity index (χ4n) is 3.41. The quantitative estimate of drug-likeness (QED) is 0.405. The molecule has 1 fully saturated rings. The van der Waals surface area contributed by atoms with Gasteiger partial charge in [0.25, 0.3) is 11.7 Å². The van der Waals surface area contributed by atoms with Crippen LogP contribution >= 0.6 is 11.6 Å². The number of rotatable bonds is 7. The van der Waals surface area contributed by atoms with Gasteiger partial charge in [0, 0.05) is 24.2 Å². The molecule has 1 atom stereocenters. The van der Waals surface area contributed by atoms with Gasteiger partial charge in [0.05, 0.1) is 24.3 Å². The number of aliphatic hydroxyl groups excluding tert-OH is 1. The second-order valence-electron chi connectivity index (χ2n) is 7.23. The van der Waals surface area contributed by atoms with Crippen LogP contribution in [0.15, 0.2) is 54.1 Å². The molecule has 2 aromatic rings. The van der Waals surface area contributed by atoms with Gasteiger partial charge in [-0.15, -0.1) is 0 Å². The Labute approximate surface area is 180 Å². The van der Waals surface area contributed by atoms with Crippen molar-refractivity contribution in [1.82, 2.24) is 4.90 Å². The molecule has 3 rings (SSSR count). The third-order valence-electron chi connectivity index (χ3n) is 4.76. The molecule has 1 heterocycles. The van der Waals surface area contributed by atoms with Crippen LogP contribution in [0.4, 0.5) is 0 Å². The predicted octanol–water partition coefficient (Wildman–Crippen LogP) is 4.20. The molecule has 2 aromatic carbocycles. The maximum atomic E-state index is 12.9. The Balaban J connectivity index is 2.07. The van der Waals surface area contributed by atoms with E-state index < -0.39 is 17.7 Å². The number of ether oxygens (including phenoxy) is 2. The van der Waals surface area contributed by atoms with E-state index in [0.717, 1.165) is 0 Å². The smallest absolute Gasteiger partial charge is 0.295 e. The number of aliphatic hydroxyl groups is 1. The number of amides is 1. The normalized spacial score (nSPS) is 18.3. The lowest BCUT2D eigenvalue weighted by molar-refractivity contribution is -0.140. The van der Waals surface area contributed by atoms with Crippen molar-refractivity contribution in [2.24, 2.45) is 0 Å². The molecule has 30 heavy (non-hydrogen) atoms. The van der Waals surface area contributed by atoms with Crippen molar-refractivity contribution < 1.29 is 24.2 Å². The van der Waals surface area contributed by atoms with E-state index in [1.807, 2.05) is 13.8 Å². The van der Waals surface area contributed by atoms with E-state index in [1.165, 1.54) is 12.0 Å². The number of Topliss-reactive ketones (excluding diaryl/α,β-unsaturated/α-hetero) is 1. The van der Waals surface area contributed by atoms with Crippen LogP contribution in [0.25, 0.3) is 5.76 Å². The molecule has 1 amide bonds. The van der Waals surface area contributed by atoms with Gasteiger partial charge in [-0.2, -0.15) is 0 Å². The second-order valence-corrected chi connectivity index (χ2v) is 7.66. The Morgan fingerprint density at radius 2 is 1.73 bits per heavy atom. The van der Waals surface area contributed by atoms with Gasteiger partial charge in [-0.3, -0.25) is 9.59 Å². The Morgan fingerprint density at radius 3 is 2.30 bits per heavy atom. The molecule has 158 valence electrons. The van der Waals surface area contributed by atoms with Gasteiger partial charge in [-0.25, -0.2) is 0 Å². The molecule has 0 radical (unpaired) electrons. The van der Waals surface area contributed by atoms with Gasteiger partial charge < -0.3 is 19.5 Å². The maximum Gasteiger partial charge on any atom is 0.295 e. The SMILES string of the molecule is COCCN1C(=O)C(=O)/C(=C(/O)c2ccc(OC(C)C)cc2)C1c1ccc(Cl)cc1. The van der Waals surface area contributed by atoms with Crippen LogP contribution in [0.2, 0.25) is 5.02 Å². The minimum absolute atomic E-state index is 0.0143. The van der Waals surface area contributed by atoms with Gasteiger partial charge in [0.2, 0.25) is 0 Å². The van der Waals surface area contributed by atoms with Crippen molar-refractivity contribution in [1.29, 1.82) is 0 Å². The molecule has 0 aliphatic carbocycles. The number of carbonyl (C=O) groups is 2. The van der Waals surface area contributed by atoms with Crippen molar-refractivity contribution >= 4 is 29.1 Å². The number of ketones is 1. The van der Waals surface area contributed by atoms with Gasteiger partial charge in [0.1, 0.15) is 11.5 Å². The Morgan fingerprint density at radius 1 is 1.10 bits per heavy atom. The minimum atomic E-state index is -0.732. The summed E-state index contributed by atoms with van der Waals surface area (Å²) in [6.07, 6.45) is 0.0143. The first kappa shape index (κ1) is 21.9. The maximum absolute atomic E-state index is 12.9. The van der Waals surface area contributed by atoms with Crippen LogP contribution in [0.3, 0.4) is 0 Å². The number of hydrogen-bond acceptors (Lipinski definition) is 5. The van der Waals surface area contributed by atoms with Crippen LogP contribution in [0, 0.1) is 0 Å². The summed E-state index contributed by atoms with van der Waals surface area (Å²) in [4.78, 5) is 27.0. The summed E-state index contributed by atoms with van der Waals surface area (Å²) in [5.74, 6) is -0.986. The van der Waals surface area contributed by atoms with Crippen LogP contribution in [0.1, 0.15) is 31.0 Å². The van der Waals surface area contributed by atoms with E-state index in [9.17, 15) is 14.7 Å². The molecule has 0 saturated carbocycles. The van der Waals surface area contributed by atoms with E-state index in [0.29, 0.717) is 21.9 Å². The molecule has 0 aromatic heterocycles. The van der Waals surface area contributed by atoms with E-state index in [4.69, 9.17) is 21.1 Å². The summed E-state index contributed by atoms with van der Waals surface area (Å²) in [5, 5.41) is 11.5. The number of benzene rings is 2. The average Bonchev–Trinajstić information content (AvgIpc) is 2.97. The van der Waals surface area contributed by atoms with Crippen molar-refractivity contribution in [3.8, 4) is 5.75 Å². The summed E-state index contributed by atoms with van der Waals surface area (Å²) in [7, 11) is 1.52. The van der Waals surface area contributed by atoms with Crippen LogP contribution in [0.5, 0.6) is 5.75 Å². The number of halogens is 1. The molecular formula is C23H24ClNO5. The molecule has 1 aliphatic rings. The van der Waals surface area contributed by atoms with E-state index >= 15 is 0 Å². The highest BCUT2D eigenvalue weighted by Crippen LogP contribution is 2.39. The molecule has 1 N–H and O–H groups in total. The van der Waals surface area contributed by atoms with Crippen molar-refractivity contribution in [2.75, 3.05) is 20.3 Å². The predicted molar refractivity (Wildman–Crippen MR) is 115 cm³/mol. The van der Waals surface area contributed by atoms with Crippen LogP contribution < -0.4 is 4.74 Å². The Bertz CT molecular complexity index is 951. The minimum Gasteiger partial charge on any atom is -0.507 e. The summed E-state index contributed by atoms with van der Waals surface area (Å²) in [5.41, 5.74) is 1.14. The lowest BCUT2D eigenvalue weighted by atomic mass is 9.95. The molecule has 1 unspecified atom stereocenters. The third-order valence-corrected chi connectivity index (χ3v) is 5.01. The largest absolute Gasteiger partial charge is 0.507 e. The van der Waals surface area contributed by atoms with Gasteiger partial charge in [0.15, 0.2) is 0 Å². The molecule has 1 aliphatic heterocycles. The first-order valence-corrected chi connectivity index (χ1v) is 10.0. The first-order valence-electron chi connectivity index (χ1n) is 9.63. The zero-order valence-electron chi connectivity index (χ0n) is 17.1. The van der Waals surface area contributed by atoms with Crippen molar-refractivity contribution in [3.05, 3.63) is 70.3 Å². The molecular weight excluding hydrogens is 406 g/mol. The van der Waals surface area contributed by atoms with E-state index in [1.54, 1.807) is 48.5 Å². The Hall–Kier alpha value is -2.83. The van der Waals surface area contributed by atoms with E-state index in [-0.39, 0.29) is 30.6 Å². The summed E-state index contributed by atoms with van der Waals surface area (Å²) < 4.78 is 10.7. The van der Waals surface area contributed by atoms with E-state index in [2.05, 4.69) is 0 Å². The molecule has 7 heteroatoms. The number of nitrogens with zero attached hydrogens (tertiary/aromatic N) is 1. The number of likely N-dealkylation sites (tertiary alicyclic amines) is 1. The topological polar surface area (TPSA) is 76.1 Å². The lowest BCUT2D eigenvalue weighted by Crippen LogP contribution is -2.32. The monoisotopic (exact) mass is 429 g/mol. The number of methoxy groups -OCH3 is 1. The van der Waals surface area contributed by atoms with Crippen molar-refractivity contribution in [3.63, 3.8) is 0 Å². The Kier molecular flexibility index (Phi) is 6.80. The number of carbonyl (C=O) groups excluding carboxylic acids is 2. The number of hydrogen-bond donors (Lipinski definition) is 1. The molecule has 6 nitrogen and oxygen atoms in total. The average molecular weight is 430 g/mol. The zero-order valence-corrected chi connectivity index (χ0v) is 17.8.